The summed E-state index contributed by atoms with van der Waals surface area (Å²) < 4.78 is 15.4. The number of aromatic nitrogens is 2. The summed E-state index contributed by atoms with van der Waals surface area (Å²) in [5.41, 5.74) is 2.71. The number of ether oxygens (including phenoxy) is 1. The smallest absolute Gasteiger partial charge is 0.282 e. The van der Waals surface area contributed by atoms with Gasteiger partial charge in [-0.25, -0.2) is 4.98 Å². The van der Waals surface area contributed by atoms with Gasteiger partial charge in [-0.1, -0.05) is 80.4 Å². The molecule has 4 aromatic carbocycles. The predicted molar refractivity (Wildman–Crippen MR) is 157 cm³/mol. The van der Waals surface area contributed by atoms with Gasteiger partial charge in [0.05, 0.1) is 17.1 Å². The van der Waals surface area contributed by atoms with E-state index in [1.807, 2.05) is 84.9 Å². The van der Waals surface area contributed by atoms with E-state index >= 15 is 0 Å². The summed E-state index contributed by atoms with van der Waals surface area (Å²) >= 11 is 7.05. The maximum Gasteiger partial charge on any atom is 0.282 e. The van der Waals surface area contributed by atoms with Crippen LogP contribution in [-0.4, -0.2) is 15.9 Å². The quantitative estimate of drug-likeness (QED) is 0.177. The zero-order valence-electron chi connectivity index (χ0n) is 19.8. The van der Waals surface area contributed by atoms with E-state index in [4.69, 9.17) is 14.1 Å². The number of nitrogens with zero attached hydrogens (tertiary/aromatic N) is 3. The standard InChI is InChI=1S/C30H19Br2N3O3/c31-22-14-13-21(24(32)16-22)18-37-26-11-5-2-8-20(26)17-33-35-29(28-15-19-7-1-6-12-27(19)38-28)34-25-10-4-3-9-23(25)30(35)36/h1-17H,18H2. The zero-order chi connectivity index (χ0) is 26.1. The van der Waals surface area contributed by atoms with E-state index < -0.39 is 0 Å². The van der Waals surface area contributed by atoms with Crippen molar-refractivity contribution in [3.63, 3.8) is 0 Å². The number of fused-ring (bicyclic) bond motifs is 2. The highest BCUT2D eigenvalue weighted by Gasteiger charge is 2.16. The number of rotatable bonds is 6. The topological polar surface area (TPSA) is 69.6 Å². The Bertz CT molecular complexity index is 1860. The lowest BCUT2D eigenvalue weighted by Gasteiger charge is -2.11. The van der Waals surface area contributed by atoms with Crippen molar-refractivity contribution in [2.45, 2.75) is 6.61 Å². The van der Waals surface area contributed by atoms with Crippen molar-refractivity contribution in [1.29, 1.82) is 0 Å². The summed E-state index contributed by atoms with van der Waals surface area (Å²) in [7, 11) is 0. The van der Waals surface area contributed by atoms with Crippen molar-refractivity contribution >= 4 is 59.9 Å². The third-order valence-electron chi connectivity index (χ3n) is 6.03. The van der Waals surface area contributed by atoms with Gasteiger partial charge in [0, 0.05) is 25.5 Å². The highest BCUT2D eigenvalue weighted by molar-refractivity contribution is 9.11. The fraction of sp³-hybridized carbons (Fsp3) is 0.0333. The third kappa shape index (κ3) is 4.80. The van der Waals surface area contributed by atoms with Crippen molar-refractivity contribution in [2.24, 2.45) is 5.10 Å². The van der Waals surface area contributed by atoms with Gasteiger partial charge in [0.25, 0.3) is 5.56 Å². The molecule has 0 aliphatic rings. The molecule has 0 fully saturated rings. The SMILES string of the molecule is O=c1c2ccccc2nc(-c2cc3ccccc3o2)n1N=Cc1ccccc1OCc1ccc(Br)cc1Br. The molecule has 0 N–H and O–H groups in total. The molecule has 0 bridgehead atoms. The van der Waals surface area contributed by atoms with Crippen LogP contribution in [0.2, 0.25) is 0 Å². The van der Waals surface area contributed by atoms with Crippen molar-refractivity contribution in [3.05, 3.63) is 127 Å². The van der Waals surface area contributed by atoms with Gasteiger partial charge in [0.1, 0.15) is 17.9 Å². The van der Waals surface area contributed by atoms with Crippen molar-refractivity contribution in [2.75, 3.05) is 0 Å². The van der Waals surface area contributed by atoms with Gasteiger partial charge in [-0.2, -0.15) is 9.78 Å². The van der Waals surface area contributed by atoms with Crippen LogP contribution in [0.3, 0.4) is 0 Å². The summed E-state index contributed by atoms with van der Waals surface area (Å²) in [6.45, 7) is 0.362. The molecule has 6 aromatic rings. The molecule has 186 valence electrons. The molecule has 0 unspecified atom stereocenters. The summed E-state index contributed by atoms with van der Waals surface area (Å²) in [6.07, 6.45) is 1.61. The third-order valence-corrected chi connectivity index (χ3v) is 7.26. The van der Waals surface area contributed by atoms with E-state index in [2.05, 4.69) is 37.0 Å². The second-order valence-electron chi connectivity index (χ2n) is 8.52. The van der Waals surface area contributed by atoms with Gasteiger partial charge < -0.3 is 9.15 Å². The van der Waals surface area contributed by atoms with Gasteiger partial charge in [-0.05, 0) is 48.5 Å². The minimum absolute atomic E-state index is 0.292. The summed E-state index contributed by atoms with van der Waals surface area (Å²) in [6, 6.07) is 30.2. The fourth-order valence-electron chi connectivity index (χ4n) is 4.12. The van der Waals surface area contributed by atoms with Crippen LogP contribution in [0.25, 0.3) is 33.5 Å². The number of furan rings is 1. The molecule has 6 rings (SSSR count). The van der Waals surface area contributed by atoms with E-state index in [0.29, 0.717) is 40.4 Å². The van der Waals surface area contributed by atoms with Crippen LogP contribution in [0.4, 0.5) is 0 Å². The Morgan fingerprint density at radius 1 is 0.921 bits per heavy atom. The van der Waals surface area contributed by atoms with E-state index in [-0.39, 0.29) is 5.56 Å². The molecule has 0 saturated carbocycles. The normalized spacial score (nSPS) is 11.5. The molecular formula is C30H19Br2N3O3. The van der Waals surface area contributed by atoms with Crippen LogP contribution >= 0.6 is 31.9 Å². The predicted octanol–water partition coefficient (Wildman–Crippen LogP) is 7.80. The maximum atomic E-state index is 13.5. The first-order chi connectivity index (χ1) is 18.6. The molecule has 2 heterocycles. The average Bonchev–Trinajstić information content (AvgIpc) is 3.37. The molecule has 0 aliphatic heterocycles. The minimum Gasteiger partial charge on any atom is -0.488 e. The highest BCUT2D eigenvalue weighted by atomic mass is 79.9. The minimum atomic E-state index is -0.292. The first-order valence-electron chi connectivity index (χ1n) is 11.8. The number of halogens is 2. The zero-order valence-corrected chi connectivity index (χ0v) is 23.0. The summed E-state index contributed by atoms with van der Waals surface area (Å²) in [4.78, 5) is 18.3. The Hall–Kier alpha value is -4.01. The van der Waals surface area contributed by atoms with Crippen LogP contribution in [0.5, 0.6) is 5.75 Å². The first kappa shape index (κ1) is 24.3. The lowest BCUT2D eigenvalue weighted by atomic mass is 10.2. The van der Waals surface area contributed by atoms with Crippen LogP contribution in [0.15, 0.2) is 120 Å². The molecule has 0 spiro atoms. The Balaban J connectivity index is 1.41. The fourth-order valence-corrected chi connectivity index (χ4v) is 5.28. The molecule has 8 heteroatoms. The number of benzene rings is 4. The van der Waals surface area contributed by atoms with Crippen LogP contribution in [0.1, 0.15) is 11.1 Å². The Morgan fingerprint density at radius 3 is 2.58 bits per heavy atom. The van der Waals surface area contributed by atoms with Gasteiger partial charge in [0.2, 0.25) is 5.82 Å². The molecule has 0 amide bonds. The number of hydrogen-bond acceptors (Lipinski definition) is 5. The maximum absolute atomic E-state index is 13.5. The van der Waals surface area contributed by atoms with Crippen LogP contribution in [0, 0.1) is 0 Å². The van der Waals surface area contributed by atoms with Gasteiger partial charge in [0.15, 0.2) is 5.76 Å². The van der Waals surface area contributed by atoms with Gasteiger partial charge in [-0.3, -0.25) is 4.79 Å². The number of para-hydroxylation sites is 3. The van der Waals surface area contributed by atoms with Gasteiger partial charge >= 0.3 is 0 Å². The van der Waals surface area contributed by atoms with E-state index in [1.165, 1.54) is 4.68 Å². The molecular weight excluding hydrogens is 610 g/mol. The Morgan fingerprint density at radius 2 is 1.71 bits per heavy atom. The first-order valence-corrected chi connectivity index (χ1v) is 13.4. The Labute approximate surface area is 234 Å². The molecule has 0 radical (unpaired) electrons. The van der Waals surface area contributed by atoms with Crippen LogP contribution in [-0.2, 0) is 6.61 Å². The Kier molecular flexibility index (Phi) is 6.66. The average molecular weight is 629 g/mol. The summed E-state index contributed by atoms with van der Waals surface area (Å²) in [5, 5.41) is 5.96. The van der Waals surface area contributed by atoms with Crippen molar-refractivity contribution in [3.8, 4) is 17.3 Å². The second-order valence-corrected chi connectivity index (χ2v) is 10.3. The highest BCUT2D eigenvalue weighted by Crippen LogP contribution is 2.28. The monoisotopic (exact) mass is 627 g/mol. The van der Waals surface area contributed by atoms with Crippen molar-refractivity contribution in [1.82, 2.24) is 9.66 Å². The number of hydrogen-bond donors (Lipinski definition) is 0. The van der Waals surface area contributed by atoms with Crippen molar-refractivity contribution < 1.29 is 9.15 Å². The molecule has 0 aliphatic carbocycles. The summed E-state index contributed by atoms with van der Waals surface area (Å²) in [5.74, 6) is 1.41. The molecule has 6 nitrogen and oxygen atoms in total. The lowest BCUT2D eigenvalue weighted by molar-refractivity contribution is 0.305. The largest absolute Gasteiger partial charge is 0.488 e. The second kappa shape index (κ2) is 10.4. The lowest BCUT2D eigenvalue weighted by Crippen LogP contribution is -2.20. The van der Waals surface area contributed by atoms with Crippen LogP contribution < -0.4 is 10.3 Å². The molecule has 0 atom stereocenters. The molecule has 38 heavy (non-hydrogen) atoms. The van der Waals surface area contributed by atoms with E-state index in [0.717, 1.165) is 25.5 Å². The van der Waals surface area contributed by atoms with E-state index in [9.17, 15) is 4.79 Å². The van der Waals surface area contributed by atoms with Gasteiger partial charge in [-0.15, -0.1) is 0 Å². The molecule has 2 aromatic heterocycles. The van der Waals surface area contributed by atoms with E-state index in [1.54, 1.807) is 18.3 Å². The molecule has 0 saturated heterocycles.